The Labute approximate surface area is 135 Å². The van der Waals surface area contributed by atoms with Gasteiger partial charge in [-0.15, -0.1) is 0 Å². The Kier molecular flexibility index (Phi) is 4.95. The number of nitro benzene ring substituents is 1. The molecule has 0 bridgehead atoms. The molecule has 2 aromatic rings. The highest BCUT2D eigenvalue weighted by molar-refractivity contribution is 5.39. The number of hydrogen-bond donors (Lipinski definition) is 2. The molecule has 1 fully saturated rings. The number of para-hydroxylation sites is 1. The summed E-state index contributed by atoms with van der Waals surface area (Å²) in [4.78, 5) is 18.2. The molecule has 2 heterocycles. The van der Waals surface area contributed by atoms with E-state index in [1.807, 2.05) is 30.5 Å². The van der Waals surface area contributed by atoms with E-state index >= 15 is 0 Å². The lowest BCUT2D eigenvalue weighted by Crippen LogP contribution is -3.27. The third kappa shape index (κ3) is 4.12. The van der Waals surface area contributed by atoms with E-state index in [-0.39, 0.29) is 10.6 Å². The summed E-state index contributed by atoms with van der Waals surface area (Å²) in [5, 5.41) is 11.1. The molecule has 0 atom stereocenters. The van der Waals surface area contributed by atoms with Crippen molar-refractivity contribution < 1.29 is 14.7 Å². The van der Waals surface area contributed by atoms with Gasteiger partial charge in [0.1, 0.15) is 39.3 Å². The SMILES string of the molecule is O=[N+]([O-])c1ccccc1C[NH+]1CC[NH+](Cc2ccccn2)CC1. The second-order valence-electron chi connectivity index (χ2n) is 6.06. The van der Waals surface area contributed by atoms with Crippen molar-refractivity contribution in [3.63, 3.8) is 0 Å². The number of benzene rings is 1. The quantitative estimate of drug-likeness (QED) is 0.576. The minimum absolute atomic E-state index is 0.239. The van der Waals surface area contributed by atoms with Gasteiger partial charge in [-0.1, -0.05) is 18.2 Å². The molecule has 0 radical (unpaired) electrons. The van der Waals surface area contributed by atoms with E-state index in [1.54, 1.807) is 12.1 Å². The zero-order valence-electron chi connectivity index (χ0n) is 13.1. The van der Waals surface area contributed by atoms with Crippen molar-refractivity contribution in [2.24, 2.45) is 0 Å². The molecule has 0 aliphatic carbocycles. The molecule has 0 saturated carbocycles. The molecule has 1 saturated heterocycles. The van der Waals surface area contributed by atoms with Gasteiger partial charge in [0.25, 0.3) is 5.69 Å². The molecule has 120 valence electrons. The molecule has 0 amide bonds. The third-order valence-electron chi connectivity index (χ3n) is 4.45. The molecule has 1 aromatic carbocycles. The van der Waals surface area contributed by atoms with Gasteiger partial charge in [-0.25, -0.2) is 0 Å². The van der Waals surface area contributed by atoms with Gasteiger partial charge < -0.3 is 9.80 Å². The summed E-state index contributed by atoms with van der Waals surface area (Å²) < 4.78 is 0. The molecule has 1 aliphatic heterocycles. The van der Waals surface area contributed by atoms with Crippen molar-refractivity contribution in [1.29, 1.82) is 0 Å². The van der Waals surface area contributed by atoms with Crippen molar-refractivity contribution in [3.05, 3.63) is 70.0 Å². The van der Waals surface area contributed by atoms with Crippen LogP contribution >= 0.6 is 0 Å². The van der Waals surface area contributed by atoms with Crippen molar-refractivity contribution in [3.8, 4) is 0 Å². The van der Waals surface area contributed by atoms with Gasteiger partial charge in [0.05, 0.1) is 16.2 Å². The van der Waals surface area contributed by atoms with Crippen LogP contribution in [0.15, 0.2) is 48.7 Å². The number of hydrogen-bond acceptors (Lipinski definition) is 3. The zero-order valence-corrected chi connectivity index (χ0v) is 13.1. The summed E-state index contributed by atoms with van der Waals surface area (Å²) in [5.74, 6) is 0. The van der Waals surface area contributed by atoms with Gasteiger partial charge in [0.15, 0.2) is 0 Å². The van der Waals surface area contributed by atoms with E-state index in [9.17, 15) is 10.1 Å². The topological polar surface area (TPSA) is 64.9 Å². The lowest BCUT2D eigenvalue weighted by Gasteiger charge is -2.29. The molecule has 6 nitrogen and oxygen atoms in total. The third-order valence-corrected chi connectivity index (χ3v) is 4.45. The minimum Gasteiger partial charge on any atom is -0.322 e. The second-order valence-corrected chi connectivity index (χ2v) is 6.06. The van der Waals surface area contributed by atoms with E-state index in [0.717, 1.165) is 50.5 Å². The van der Waals surface area contributed by atoms with Crippen LogP contribution in [0.1, 0.15) is 11.3 Å². The van der Waals surface area contributed by atoms with Crippen molar-refractivity contribution in [2.45, 2.75) is 13.1 Å². The van der Waals surface area contributed by atoms with Crippen LogP contribution in [0.3, 0.4) is 0 Å². The first-order valence-corrected chi connectivity index (χ1v) is 8.02. The van der Waals surface area contributed by atoms with Crippen LogP contribution in [-0.2, 0) is 13.1 Å². The molecule has 3 rings (SSSR count). The number of aromatic nitrogens is 1. The van der Waals surface area contributed by atoms with Gasteiger partial charge in [-0.2, -0.15) is 0 Å². The highest BCUT2D eigenvalue weighted by atomic mass is 16.6. The van der Waals surface area contributed by atoms with Crippen molar-refractivity contribution in [1.82, 2.24) is 4.98 Å². The van der Waals surface area contributed by atoms with Crippen LogP contribution in [-0.4, -0.2) is 36.1 Å². The molecular weight excluding hydrogens is 292 g/mol. The number of nitro groups is 1. The predicted molar refractivity (Wildman–Crippen MR) is 86.1 cm³/mol. The van der Waals surface area contributed by atoms with E-state index in [1.165, 1.54) is 9.80 Å². The number of nitrogens with one attached hydrogen (secondary N) is 2. The number of nitrogens with zero attached hydrogens (tertiary/aromatic N) is 2. The summed E-state index contributed by atoms with van der Waals surface area (Å²) in [6.45, 7) is 5.91. The Hall–Kier alpha value is -2.31. The minimum atomic E-state index is -0.280. The number of pyridine rings is 1. The van der Waals surface area contributed by atoms with Crippen LogP contribution in [0, 0.1) is 10.1 Å². The first-order valence-electron chi connectivity index (χ1n) is 8.02. The summed E-state index contributed by atoms with van der Waals surface area (Å²) in [5.41, 5.74) is 2.20. The fraction of sp³-hybridized carbons (Fsp3) is 0.353. The van der Waals surface area contributed by atoms with Gasteiger partial charge >= 0.3 is 0 Å². The van der Waals surface area contributed by atoms with Crippen LogP contribution in [0.2, 0.25) is 0 Å². The fourth-order valence-corrected chi connectivity index (χ4v) is 3.18. The van der Waals surface area contributed by atoms with Crippen molar-refractivity contribution >= 4 is 5.69 Å². The molecule has 0 spiro atoms. The normalized spacial score (nSPS) is 21.0. The van der Waals surface area contributed by atoms with Gasteiger partial charge in [-0.05, 0) is 18.2 Å². The highest BCUT2D eigenvalue weighted by Gasteiger charge is 2.25. The standard InChI is InChI=1S/C17H20N4O2/c22-21(23)17-7-2-1-5-15(17)13-19-9-11-20(12-10-19)14-16-6-3-4-8-18-16/h1-8H,9-14H2/p+2. The largest absolute Gasteiger partial charge is 0.322 e. The monoisotopic (exact) mass is 314 g/mol. The van der Waals surface area contributed by atoms with Crippen LogP contribution in [0.4, 0.5) is 5.69 Å². The second kappa shape index (κ2) is 7.30. The van der Waals surface area contributed by atoms with Crippen LogP contribution in [0.5, 0.6) is 0 Å². The Balaban J connectivity index is 1.54. The average Bonchev–Trinajstić information content (AvgIpc) is 2.58. The fourth-order valence-electron chi connectivity index (χ4n) is 3.18. The summed E-state index contributed by atoms with van der Waals surface area (Å²) >= 11 is 0. The van der Waals surface area contributed by atoms with E-state index < -0.39 is 0 Å². The van der Waals surface area contributed by atoms with Gasteiger partial charge in [-0.3, -0.25) is 15.1 Å². The molecule has 6 heteroatoms. The lowest BCUT2D eigenvalue weighted by atomic mass is 10.1. The molecule has 0 unspecified atom stereocenters. The lowest BCUT2D eigenvalue weighted by molar-refractivity contribution is -1.02. The number of piperazine rings is 1. The molecule has 1 aliphatic rings. The Morgan fingerprint density at radius 2 is 1.61 bits per heavy atom. The summed E-state index contributed by atoms with van der Waals surface area (Å²) in [7, 11) is 0. The highest BCUT2D eigenvalue weighted by Crippen LogP contribution is 2.16. The van der Waals surface area contributed by atoms with Crippen molar-refractivity contribution in [2.75, 3.05) is 26.2 Å². The first-order chi connectivity index (χ1) is 11.2. The van der Waals surface area contributed by atoms with E-state index in [2.05, 4.69) is 11.1 Å². The molecule has 23 heavy (non-hydrogen) atoms. The Bertz CT molecular complexity index is 655. The zero-order chi connectivity index (χ0) is 16.1. The molecular formula is C17H22N4O2+2. The van der Waals surface area contributed by atoms with Gasteiger partial charge in [0, 0.05) is 12.3 Å². The van der Waals surface area contributed by atoms with E-state index in [4.69, 9.17) is 0 Å². The van der Waals surface area contributed by atoms with E-state index in [0.29, 0.717) is 0 Å². The maximum atomic E-state index is 11.1. The van der Waals surface area contributed by atoms with Crippen LogP contribution in [0.25, 0.3) is 0 Å². The first kappa shape index (κ1) is 15.6. The smallest absolute Gasteiger partial charge is 0.278 e. The summed E-state index contributed by atoms with van der Waals surface area (Å²) in [6.07, 6.45) is 1.84. The predicted octanol–water partition coefficient (Wildman–Crippen LogP) is -0.527. The summed E-state index contributed by atoms with van der Waals surface area (Å²) in [6, 6.07) is 13.1. The number of quaternary nitrogens is 2. The molecule has 2 N–H and O–H groups in total. The van der Waals surface area contributed by atoms with Gasteiger partial charge in [0.2, 0.25) is 0 Å². The van der Waals surface area contributed by atoms with Crippen LogP contribution < -0.4 is 9.80 Å². The Morgan fingerprint density at radius 3 is 2.26 bits per heavy atom. The average molecular weight is 314 g/mol. The maximum Gasteiger partial charge on any atom is 0.278 e. The Morgan fingerprint density at radius 1 is 0.957 bits per heavy atom. The number of rotatable bonds is 5. The molecule has 1 aromatic heterocycles. The maximum absolute atomic E-state index is 11.1.